The molecule has 6 heteroatoms. The highest BCUT2D eigenvalue weighted by Gasteiger charge is 2.54. The van der Waals surface area contributed by atoms with Crippen LogP contribution >= 0.6 is 7.14 Å². The molecule has 0 heterocycles. The quantitative estimate of drug-likeness (QED) is 0.358. The van der Waals surface area contributed by atoms with Crippen molar-refractivity contribution < 1.29 is 19.2 Å². The molecule has 3 aromatic rings. The van der Waals surface area contributed by atoms with Gasteiger partial charge < -0.3 is 19.7 Å². The van der Waals surface area contributed by atoms with Crippen LogP contribution < -0.4 is 15.9 Å². The molecule has 0 aliphatic heterocycles. The van der Waals surface area contributed by atoms with Gasteiger partial charge in [0.2, 0.25) is 0 Å². The van der Waals surface area contributed by atoms with Crippen LogP contribution in [0.4, 0.5) is 4.79 Å². The molecule has 0 spiro atoms. The van der Waals surface area contributed by atoms with Gasteiger partial charge in [-0.3, -0.25) is 0 Å². The van der Waals surface area contributed by atoms with Gasteiger partial charge in [-0.05, 0) is 39.2 Å². The highest BCUT2D eigenvalue weighted by molar-refractivity contribution is 7.79. The van der Waals surface area contributed by atoms with Crippen molar-refractivity contribution in [3.63, 3.8) is 0 Å². The fraction of sp³-hybridized carbons (Fsp3) is 0.387. The summed E-state index contributed by atoms with van der Waals surface area (Å²) < 4.78 is 21.4. The van der Waals surface area contributed by atoms with E-state index in [1.807, 2.05) is 112 Å². The Balaban J connectivity index is 1.97. The molecule has 0 bridgehead atoms. The number of nitrogens with one attached hydrogen (secondary N) is 1. The van der Waals surface area contributed by atoms with E-state index in [9.17, 15) is 9.90 Å². The summed E-state index contributed by atoms with van der Waals surface area (Å²) in [4.78, 5) is 13.2. The second kappa shape index (κ2) is 11.2. The highest BCUT2D eigenvalue weighted by Crippen LogP contribution is 2.59. The van der Waals surface area contributed by atoms with Crippen LogP contribution in [0.15, 0.2) is 91.0 Å². The third-order valence-corrected chi connectivity index (χ3v) is 10.8. The Morgan fingerprint density at radius 3 is 1.76 bits per heavy atom. The average Bonchev–Trinajstić information content (AvgIpc) is 2.89. The molecule has 0 radical (unpaired) electrons. The second-order valence-electron chi connectivity index (χ2n) is 11.0. The molecule has 1 aliphatic carbocycles. The number of rotatable bonds is 7. The zero-order chi connectivity index (χ0) is 26.5. The predicted octanol–water partition coefficient (Wildman–Crippen LogP) is 6.33. The number of ether oxygens (including phenoxy) is 1. The summed E-state index contributed by atoms with van der Waals surface area (Å²) in [5, 5.41) is 16.8. The second-order valence-corrected chi connectivity index (χ2v) is 13.9. The highest BCUT2D eigenvalue weighted by atomic mass is 31.2. The first-order valence-electron chi connectivity index (χ1n) is 13.1. The lowest BCUT2D eigenvalue weighted by Gasteiger charge is -2.47. The lowest BCUT2D eigenvalue weighted by Crippen LogP contribution is -2.54. The standard InChI is InChI=1S/C31H38NO4P/c1-30(2,3)36-29(33)32-27(24-16-8-4-9-17-24)28(31(34)22-14-7-15-23-31)37(35,25-18-10-5-11-19-25)26-20-12-6-13-21-26/h4-6,8-13,16-21,27-28,34H,7,14-15,22-23H2,1-3H3,(H,32,33)/t27-,28-/m1/s1. The monoisotopic (exact) mass is 519 g/mol. The molecular weight excluding hydrogens is 481 g/mol. The number of hydrogen-bond donors (Lipinski definition) is 2. The van der Waals surface area contributed by atoms with Gasteiger partial charge in [-0.2, -0.15) is 0 Å². The molecule has 3 aromatic carbocycles. The Hall–Kier alpha value is -2.88. The minimum absolute atomic E-state index is 0.515. The van der Waals surface area contributed by atoms with E-state index < -0.39 is 36.1 Å². The molecule has 1 fully saturated rings. The van der Waals surface area contributed by atoms with E-state index in [0.29, 0.717) is 23.5 Å². The summed E-state index contributed by atoms with van der Waals surface area (Å²) in [5.41, 5.74) is -1.98. The van der Waals surface area contributed by atoms with Crippen LogP contribution in [0.3, 0.4) is 0 Å². The maximum atomic E-state index is 15.8. The number of amides is 1. The normalized spacial score (nSPS) is 17.4. The zero-order valence-corrected chi connectivity index (χ0v) is 22.9. The SMILES string of the molecule is CC(C)(C)OC(=O)N[C@H](c1ccccc1)[C@H](C1(O)CCCCC1)P(=O)(c1ccccc1)c1ccccc1. The molecule has 5 nitrogen and oxygen atoms in total. The maximum Gasteiger partial charge on any atom is 0.408 e. The van der Waals surface area contributed by atoms with Gasteiger partial charge in [0.25, 0.3) is 0 Å². The van der Waals surface area contributed by atoms with Crippen LogP contribution in [0.2, 0.25) is 0 Å². The van der Waals surface area contributed by atoms with Crippen LogP contribution in [0.5, 0.6) is 0 Å². The van der Waals surface area contributed by atoms with E-state index >= 15 is 4.57 Å². The van der Waals surface area contributed by atoms with Gasteiger partial charge in [0.1, 0.15) is 5.60 Å². The van der Waals surface area contributed by atoms with E-state index in [1.54, 1.807) is 0 Å². The van der Waals surface area contributed by atoms with Crippen molar-refractivity contribution in [2.24, 2.45) is 0 Å². The number of hydrogen-bond acceptors (Lipinski definition) is 4. The van der Waals surface area contributed by atoms with Crippen molar-refractivity contribution in [1.29, 1.82) is 0 Å². The molecule has 0 saturated heterocycles. The van der Waals surface area contributed by atoms with Crippen LogP contribution in [-0.4, -0.2) is 28.1 Å². The van der Waals surface area contributed by atoms with Crippen molar-refractivity contribution in [3.8, 4) is 0 Å². The molecule has 0 aromatic heterocycles. The van der Waals surface area contributed by atoms with Gasteiger partial charge in [0.05, 0.1) is 17.3 Å². The van der Waals surface area contributed by atoms with Gasteiger partial charge in [-0.25, -0.2) is 4.79 Å². The fourth-order valence-electron chi connectivity index (χ4n) is 5.53. The number of carbonyl (C=O) groups is 1. The molecule has 1 aliphatic rings. The molecule has 37 heavy (non-hydrogen) atoms. The Kier molecular flexibility index (Phi) is 8.26. The summed E-state index contributed by atoms with van der Waals surface area (Å²) in [6.45, 7) is 5.44. The average molecular weight is 520 g/mol. The number of benzene rings is 3. The summed E-state index contributed by atoms with van der Waals surface area (Å²) in [6.07, 6.45) is 3.13. The van der Waals surface area contributed by atoms with Crippen LogP contribution in [0.25, 0.3) is 0 Å². The van der Waals surface area contributed by atoms with Gasteiger partial charge in [0.15, 0.2) is 7.14 Å². The molecule has 1 amide bonds. The van der Waals surface area contributed by atoms with Gasteiger partial charge in [0, 0.05) is 10.6 Å². The van der Waals surface area contributed by atoms with Crippen molar-refractivity contribution >= 4 is 23.8 Å². The molecule has 1 saturated carbocycles. The summed E-state index contributed by atoms with van der Waals surface area (Å²) >= 11 is 0. The van der Waals surface area contributed by atoms with Crippen LogP contribution in [0.1, 0.15) is 64.5 Å². The zero-order valence-electron chi connectivity index (χ0n) is 22.0. The van der Waals surface area contributed by atoms with Gasteiger partial charge >= 0.3 is 6.09 Å². The van der Waals surface area contributed by atoms with Crippen molar-refractivity contribution in [2.45, 2.75) is 75.8 Å². The molecule has 0 unspecified atom stereocenters. The molecule has 4 rings (SSSR count). The third-order valence-electron chi connectivity index (χ3n) is 7.09. The first-order chi connectivity index (χ1) is 17.6. The van der Waals surface area contributed by atoms with E-state index in [0.717, 1.165) is 24.8 Å². The summed E-state index contributed by atoms with van der Waals surface area (Å²) in [7, 11) is -3.52. The van der Waals surface area contributed by atoms with Crippen LogP contribution in [0, 0.1) is 0 Å². The first-order valence-corrected chi connectivity index (χ1v) is 14.9. The number of aliphatic hydroxyl groups is 1. The van der Waals surface area contributed by atoms with Gasteiger partial charge in [-0.15, -0.1) is 0 Å². The van der Waals surface area contributed by atoms with Gasteiger partial charge in [-0.1, -0.05) is 110 Å². The van der Waals surface area contributed by atoms with E-state index in [1.165, 1.54) is 0 Å². The first kappa shape index (κ1) is 27.2. The maximum absolute atomic E-state index is 15.8. The lowest BCUT2D eigenvalue weighted by molar-refractivity contribution is -0.0104. The largest absolute Gasteiger partial charge is 0.444 e. The van der Waals surface area contributed by atoms with E-state index in [-0.39, 0.29) is 0 Å². The Labute approximate surface area is 220 Å². The third kappa shape index (κ3) is 6.17. The fourth-order valence-corrected chi connectivity index (χ4v) is 9.30. The smallest absolute Gasteiger partial charge is 0.408 e. The summed E-state index contributed by atoms with van der Waals surface area (Å²) in [5.74, 6) is 0. The topological polar surface area (TPSA) is 75.6 Å². The van der Waals surface area contributed by atoms with E-state index in [2.05, 4.69) is 5.32 Å². The van der Waals surface area contributed by atoms with E-state index in [4.69, 9.17) is 4.74 Å². The Morgan fingerprint density at radius 2 is 1.30 bits per heavy atom. The molecule has 2 atom stereocenters. The minimum Gasteiger partial charge on any atom is -0.444 e. The molecular formula is C31H38NO4P. The lowest BCUT2D eigenvalue weighted by atomic mass is 9.78. The number of carbonyl (C=O) groups excluding carboxylic acids is 1. The van der Waals surface area contributed by atoms with Crippen molar-refractivity contribution in [1.82, 2.24) is 5.32 Å². The predicted molar refractivity (Wildman–Crippen MR) is 150 cm³/mol. The number of alkyl carbamates (subject to hydrolysis) is 1. The Bertz CT molecular complexity index is 1160. The minimum atomic E-state index is -3.52. The van der Waals surface area contributed by atoms with Crippen molar-refractivity contribution in [2.75, 3.05) is 0 Å². The molecule has 2 N–H and O–H groups in total. The summed E-state index contributed by atoms with van der Waals surface area (Å²) in [6, 6.07) is 27.6. The molecule has 196 valence electrons. The van der Waals surface area contributed by atoms with Crippen LogP contribution in [-0.2, 0) is 9.30 Å². The Morgan fingerprint density at radius 1 is 0.838 bits per heavy atom. The van der Waals surface area contributed by atoms with Crippen molar-refractivity contribution in [3.05, 3.63) is 96.6 Å².